The van der Waals surface area contributed by atoms with Gasteiger partial charge in [0.05, 0.1) is 10.9 Å². The van der Waals surface area contributed by atoms with Gasteiger partial charge in [0.15, 0.2) is 0 Å². The number of aromatic nitrogens is 3. The molecule has 146 valence electrons. The van der Waals surface area contributed by atoms with Gasteiger partial charge in [-0.3, -0.25) is 9.78 Å². The van der Waals surface area contributed by atoms with Crippen molar-refractivity contribution in [2.24, 2.45) is 0 Å². The molecule has 1 saturated carbocycles. The van der Waals surface area contributed by atoms with Crippen LogP contribution in [0.4, 0.5) is 4.39 Å². The predicted molar refractivity (Wildman–Crippen MR) is 117 cm³/mol. The van der Waals surface area contributed by atoms with E-state index in [2.05, 4.69) is 23.2 Å². The van der Waals surface area contributed by atoms with Gasteiger partial charge in [0.25, 0.3) is 5.56 Å². The zero-order valence-corrected chi connectivity index (χ0v) is 16.6. The van der Waals surface area contributed by atoms with E-state index in [0.717, 1.165) is 38.8 Å². The standard InChI is InChI=1S/C24H16FN3OS/c25-22-8-6-15(12-26-22)17-13-30-21-9-10-28(24(29)23(17)21)20-11-16(20)19-7-5-14-3-1-2-4-18(14)27-19/h1-10,12-13,16,20H,11H2/t16-,20+/m0/s1. The Morgan fingerprint density at radius 2 is 1.97 bits per heavy atom. The van der Waals surface area contributed by atoms with Crippen molar-refractivity contribution >= 4 is 32.3 Å². The number of halogens is 1. The van der Waals surface area contributed by atoms with Gasteiger partial charge in [-0.25, -0.2) is 4.98 Å². The Kier molecular flexibility index (Phi) is 3.83. The third-order valence-electron chi connectivity index (χ3n) is 5.81. The number of rotatable bonds is 3. The van der Waals surface area contributed by atoms with Crippen molar-refractivity contribution in [3.63, 3.8) is 0 Å². The van der Waals surface area contributed by atoms with E-state index in [1.54, 1.807) is 6.07 Å². The highest BCUT2D eigenvalue weighted by molar-refractivity contribution is 7.17. The van der Waals surface area contributed by atoms with Crippen LogP contribution in [0, 0.1) is 5.95 Å². The van der Waals surface area contributed by atoms with Gasteiger partial charge in [-0.2, -0.15) is 4.39 Å². The lowest BCUT2D eigenvalue weighted by atomic mass is 10.1. The zero-order chi connectivity index (χ0) is 20.2. The summed E-state index contributed by atoms with van der Waals surface area (Å²) in [5, 5.41) is 3.74. The fourth-order valence-electron chi connectivity index (χ4n) is 4.16. The minimum atomic E-state index is -0.528. The highest BCUT2D eigenvalue weighted by Gasteiger charge is 2.41. The second-order valence-corrected chi connectivity index (χ2v) is 8.54. The molecular weight excluding hydrogens is 397 g/mol. The summed E-state index contributed by atoms with van der Waals surface area (Å²) < 4.78 is 16.0. The van der Waals surface area contributed by atoms with Gasteiger partial charge in [0.1, 0.15) is 0 Å². The summed E-state index contributed by atoms with van der Waals surface area (Å²) in [6.45, 7) is 0. The first-order chi connectivity index (χ1) is 14.7. The van der Waals surface area contributed by atoms with Crippen LogP contribution in [0.3, 0.4) is 0 Å². The highest BCUT2D eigenvalue weighted by Crippen LogP contribution is 2.50. The van der Waals surface area contributed by atoms with E-state index < -0.39 is 5.95 Å². The Morgan fingerprint density at radius 1 is 1.07 bits per heavy atom. The monoisotopic (exact) mass is 413 g/mol. The minimum Gasteiger partial charge on any atom is -0.311 e. The van der Waals surface area contributed by atoms with Crippen molar-refractivity contribution in [2.75, 3.05) is 0 Å². The van der Waals surface area contributed by atoms with E-state index in [1.807, 2.05) is 40.4 Å². The van der Waals surface area contributed by atoms with Gasteiger partial charge in [-0.1, -0.05) is 24.3 Å². The Labute approximate surface area is 175 Å². The molecule has 4 aromatic heterocycles. The van der Waals surface area contributed by atoms with Gasteiger partial charge in [-0.15, -0.1) is 11.3 Å². The van der Waals surface area contributed by atoms with E-state index in [-0.39, 0.29) is 17.5 Å². The fourth-order valence-corrected chi connectivity index (χ4v) is 5.12. The van der Waals surface area contributed by atoms with Crippen LogP contribution in [-0.4, -0.2) is 14.5 Å². The number of pyridine rings is 3. The lowest BCUT2D eigenvalue weighted by Gasteiger charge is -2.07. The molecule has 1 aliphatic carbocycles. The molecule has 30 heavy (non-hydrogen) atoms. The summed E-state index contributed by atoms with van der Waals surface area (Å²) in [5.41, 5.74) is 3.55. The molecule has 1 aromatic carbocycles. The molecule has 1 fully saturated rings. The van der Waals surface area contributed by atoms with Crippen molar-refractivity contribution in [1.82, 2.24) is 14.5 Å². The molecule has 0 unspecified atom stereocenters. The van der Waals surface area contributed by atoms with Crippen LogP contribution in [0.25, 0.3) is 32.1 Å². The average molecular weight is 413 g/mol. The smallest absolute Gasteiger partial charge is 0.260 e. The van der Waals surface area contributed by atoms with E-state index in [4.69, 9.17) is 4.98 Å². The lowest BCUT2D eigenvalue weighted by molar-refractivity contribution is 0.584. The molecule has 4 heterocycles. The normalized spacial score (nSPS) is 18.2. The summed E-state index contributed by atoms with van der Waals surface area (Å²) in [6.07, 6.45) is 4.26. The first-order valence-electron chi connectivity index (χ1n) is 9.79. The molecule has 0 spiro atoms. The first kappa shape index (κ1) is 17.5. The van der Waals surface area contributed by atoms with Gasteiger partial charge in [0, 0.05) is 56.6 Å². The third kappa shape index (κ3) is 2.75. The first-order valence-corrected chi connectivity index (χ1v) is 10.7. The van der Waals surface area contributed by atoms with Crippen molar-refractivity contribution in [3.8, 4) is 11.1 Å². The molecule has 0 amide bonds. The highest BCUT2D eigenvalue weighted by atomic mass is 32.1. The molecule has 2 atom stereocenters. The molecule has 4 nitrogen and oxygen atoms in total. The number of benzene rings is 1. The van der Waals surface area contributed by atoms with Gasteiger partial charge in [0.2, 0.25) is 5.95 Å². The lowest BCUT2D eigenvalue weighted by Crippen LogP contribution is -2.18. The largest absolute Gasteiger partial charge is 0.311 e. The van der Waals surface area contributed by atoms with Crippen LogP contribution < -0.4 is 5.56 Å². The minimum absolute atomic E-state index is 0.0126. The molecule has 0 saturated heterocycles. The number of thiophene rings is 1. The van der Waals surface area contributed by atoms with Gasteiger partial charge in [-0.05, 0) is 36.8 Å². The fraction of sp³-hybridized carbons (Fsp3) is 0.125. The van der Waals surface area contributed by atoms with Crippen LogP contribution in [-0.2, 0) is 0 Å². The molecule has 6 rings (SSSR count). The maximum absolute atomic E-state index is 13.4. The number of hydrogen-bond donors (Lipinski definition) is 0. The summed E-state index contributed by atoms with van der Waals surface area (Å²) in [7, 11) is 0. The number of para-hydroxylation sites is 1. The maximum atomic E-state index is 13.4. The third-order valence-corrected chi connectivity index (χ3v) is 6.75. The molecule has 5 aromatic rings. The van der Waals surface area contributed by atoms with Crippen molar-refractivity contribution in [1.29, 1.82) is 0 Å². The SMILES string of the molecule is O=c1c2c(-c3ccc(F)nc3)csc2ccn1[C@@H]1C[C@H]1c1ccc2ccccc2n1. The summed E-state index contributed by atoms with van der Waals surface area (Å²) in [5.74, 6) is -0.293. The number of hydrogen-bond acceptors (Lipinski definition) is 4. The van der Waals surface area contributed by atoms with Crippen molar-refractivity contribution in [2.45, 2.75) is 18.4 Å². The Balaban J connectivity index is 1.40. The van der Waals surface area contributed by atoms with Crippen LogP contribution >= 0.6 is 11.3 Å². The van der Waals surface area contributed by atoms with Crippen molar-refractivity contribution < 1.29 is 4.39 Å². The average Bonchev–Trinajstić information content (AvgIpc) is 3.44. The van der Waals surface area contributed by atoms with Crippen LogP contribution in [0.1, 0.15) is 24.1 Å². The Hall–Kier alpha value is -3.38. The molecule has 0 bridgehead atoms. The maximum Gasteiger partial charge on any atom is 0.260 e. The van der Waals surface area contributed by atoms with Gasteiger partial charge < -0.3 is 4.57 Å². The topological polar surface area (TPSA) is 47.8 Å². The van der Waals surface area contributed by atoms with E-state index in [0.29, 0.717) is 5.39 Å². The molecule has 1 aliphatic rings. The molecule has 0 radical (unpaired) electrons. The molecule has 6 heteroatoms. The predicted octanol–water partition coefficient (Wildman–Crippen LogP) is 5.54. The van der Waals surface area contributed by atoms with Crippen LogP contribution in [0.15, 0.2) is 77.2 Å². The van der Waals surface area contributed by atoms with Crippen molar-refractivity contribution in [3.05, 3.63) is 94.4 Å². The van der Waals surface area contributed by atoms with E-state index in [9.17, 15) is 9.18 Å². The van der Waals surface area contributed by atoms with Crippen LogP contribution in [0.5, 0.6) is 0 Å². The summed E-state index contributed by atoms with van der Waals surface area (Å²) in [6, 6.07) is 17.3. The molecule has 0 N–H and O–H groups in total. The Bertz CT molecular complexity index is 1470. The quantitative estimate of drug-likeness (QED) is 0.365. The number of fused-ring (bicyclic) bond motifs is 2. The summed E-state index contributed by atoms with van der Waals surface area (Å²) in [4.78, 5) is 21.9. The van der Waals surface area contributed by atoms with Crippen LogP contribution in [0.2, 0.25) is 0 Å². The van der Waals surface area contributed by atoms with E-state index >= 15 is 0 Å². The second kappa shape index (κ2) is 6.57. The summed E-state index contributed by atoms with van der Waals surface area (Å²) >= 11 is 1.52. The second-order valence-electron chi connectivity index (χ2n) is 7.62. The number of nitrogens with zero attached hydrogens (tertiary/aromatic N) is 3. The molecule has 0 aliphatic heterocycles. The van der Waals surface area contributed by atoms with E-state index in [1.165, 1.54) is 23.6 Å². The molecular formula is C24H16FN3OS. The zero-order valence-electron chi connectivity index (χ0n) is 15.8. The Morgan fingerprint density at radius 3 is 2.83 bits per heavy atom. The van der Waals surface area contributed by atoms with Gasteiger partial charge >= 0.3 is 0 Å².